The number of halogens is 1. The molecule has 8 heavy (non-hydrogen) atoms. The van der Waals surface area contributed by atoms with Crippen molar-refractivity contribution < 1.29 is 0 Å². The van der Waals surface area contributed by atoms with Gasteiger partial charge < -0.3 is 0 Å². The molecule has 0 saturated carbocycles. The molecule has 0 atom stereocenters. The quantitative estimate of drug-likeness (QED) is 0.662. The molecule has 0 unspecified atom stereocenters. The largest absolute Gasteiger partial charge is 0.252 e. The SMILES string of the molecule is CCn1cnc(I)n1. The fourth-order valence-electron chi connectivity index (χ4n) is 0.424. The Bertz CT molecular complexity index is 172. The number of hydrogen-bond acceptors (Lipinski definition) is 2. The van der Waals surface area contributed by atoms with Crippen LogP contribution < -0.4 is 0 Å². The number of aryl methyl sites for hydroxylation is 1. The zero-order valence-electron chi connectivity index (χ0n) is 4.50. The van der Waals surface area contributed by atoms with Gasteiger partial charge in [-0.15, -0.1) is 5.10 Å². The second-order valence-corrected chi connectivity index (χ2v) is 2.33. The van der Waals surface area contributed by atoms with Crippen molar-refractivity contribution >= 4 is 22.6 Å². The molecule has 0 N–H and O–H groups in total. The van der Waals surface area contributed by atoms with Gasteiger partial charge in [-0.05, 0) is 6.92 Å². The fourth-order valence-corrected chi connectivity index (χ4v) is 0.826. The van der Waals surface area contributed by atoms with E-state index in [-0.39, 0.29) is 0 Å². The Balaban J connectivity index is 2.84. The van der Waals surface area contributed by atoms with Crippen molar-refractivity contribution in [3.8, 4) is 0 Å². The van der Waals surface area contributed by atoms with Crippen LogP contribution in [0.4, 0.5) is 0 Å². The summed E-state index contributed by atoms with van der Waals surface area (Å²) < 4.78 is 2.60. The van der Waals surface area contributed by atoms with Crippen molar-refractivity contribution in [1.29, 1.82) is 0 Å². The Morgan fingerprint density at radius 3 is 2.88 bits per heavy atom. The highest BCUT2D eigenvalue weighted by atomic mass is 127. The molecule has 0 fully saturated rings. The van der Waals surface area contributed by atoms with Gasteiger partial charge in [-0.3, -0.25) is 4.68 Å². The first kappa shape index (κ1) is 6.00. The minimum absolute atomic E-state index is 0.810. The first-order chi connectivity index (χ1) is 3.83. The van der Waals surface area contributed by atoms with E-state index in [9.17, 15) is 0 Å². The van der Waals surface area contributed by atoms with Gasteiger partial charge in [0.25, 0.3) is 0 Å². The molecule has 44 valence electrons. The number of nitrogens with zero attached hydrogens (tertiary/aromatic N) is 3. The Morgan fingerprint density at radius 1 is 1.88 bits per heavy atom. The van der Waals surface area contributed by atoms with Crippen LogP contribution in [0.5, 0.6) is 0 Å². The summed E-state index contributed by atoms with van der Waals surface area (Å²) in [6.07, 6.45) is 1.72. The lowest BCUT2D eigenvalue weighted by molar-refractivity contribution is 0.653. The molecule has 0 spiro atoms. The average Bonchev–Trinajstić information content (AvgIpc) is 2.14. The molecule has 0 aliphatic heterocycles. The average molecular weight is 223 g/mol. The van der Waals surface area contributed by atoms with E-state index in [1.165, 1.54) is 0 Å². The molecule has 0 saturated heterocycles. The van der Waals surface area contributed by atoms with Crippen LogP contribution in [0.3, 0.4) is 0 Å². The van der Waals surface area contributed by atoms with Gasteiger partial charge in [-0.25, -0.2) is 4.98 Å². The van der Waals surface area contributed by atoms with E-state index in [2.05, 4.69) is 32.7 Å². The van der Waals surface area contributed by atoms with Gasteiger partial charge in [-0.1, -0.05) is 0 Å². The number of aromatic nitrogens is 3. The first-order valence-electron chi connectivity index (χ1n) is 2.38. The summed E-state index contributed by atoms with van der Waals surface area (Å²) >= 11 is 2.08. The van der Waals surface area contributed by atoms with Gasteiger partial charge in [0.15, 0.2) is 0 Å². The minimum Gasteiger partial charge on any atom is -0.252 e. The lowest BCUT2D eigenvalue weighted by Crippen LogP contribution is -1.93. The van der Waals surface area contributed by atoms with Crippen molar-refractivity contribution in [2.45, 2.75) is 13.5 Å². The first-order valence-corrected chi connectivity index (χ1v) is 3.45. The topological polar surface area (TPSA) is 30.7 Å². The summed E-state index contributed by atoms with van der Waals surface area (Å²) in [7, 11) is 0. The molecule has 0 aliphatic rings. The lowest BCUT2D eigenvalue weighted by Gasteiger charge is -1.86. The van der Waals surface area contributed by atoms with E-state index >= 15 is 0 Å². The standard InChI is InChI=1S/C4H6IN3/c1-2-8-3-6-4(5)7-8/h3H,2H2,1H3. The Labute approximate surface area is 61.3 Å². The molecule has 1 heterocycles. The zero-order chi connectivity index (χ0) is 5.98. The van der Waals surface area contributed by atoms with Crippen LogP contribution >= 0.6 is 22.6 Å². The maximum atomic E-state index is 4.02. The molecule has 1 aromatic heterocycles. The van der Waals surface area contributed by atoms with Crippen molar-refractivity contribution in [2.75, 3.05) is 0 Å². The second kappa shape index (κ2) is 2.43. The highest BCUT2D eigenvalue weighted by Crippen LogP contribution is 1.92. The molecule has 0 aromatic carbocycles. The van der Waals surface area contributed by atoms with Crippen molar-refractivity contribution in [2.24, 2.45) is 0 Å². The molecule has 0 radical (unpaired) electrons. The maximum Gasteiger partial charge on any atom is 0.211 e. The van der Waals surface area contributed by atoms with Gasteiger partial charge in [0, 0.05) is 29.1 Å². The van der Waals surface area contributed by atoms with Crippen molar-refractivity contribution in [3.05, 3.63) is 10.2 Å². The van der Waals surface area contributed by atoms with Crippen LogP contribution in [-0.4, -0.2) is 14.8 Å². The summed E-state index contributed by atoms with van der Waals surface area (Å²) in [5.74, 6) is 0. The molecular weight excluding hydrogens is 217 g/mol. The van der Waals surface area contributed by atoms with Crippen molar-refractivity contribution in [1.82, 2.24) is 14.8 Å². The Morgan fingerprint density at radius 2 is 2.62 bits per heavy atom. The summed E-state index contributed by atoms with van der Waals surface area (Å²) in [6.45, 7) is 2.93. The van der Waals surface area contributed by atoms with E-state index in [0.717, 1.165) is 10.4 Å². The summed E-state index contributed by atoms with van der Waals surface area (Å²) in [4.78, 5) is 3.93. The summed E-state index contributed by atoms with van der Waals surface area (Å²) in [6, 6.07) is 0. The van der Waals surface area contributed by atoms with Crippen LogP contribution in [-0.2, 0) is 6.54 Å². The number of rotatable bonds is 1. The van der Waals surface area contributed by atoms with Crippen LogP contribution in [0.1, 0.15) is 6.92 Å². The van der Waals surface area contributed by atoms with Gasteiger partial charge >= 0.3 is 0 Å². The van der Waals surface area contributed by atoms with E-state index < -0.39 is 0 Å². The minimum atomic E-state index is 0.810. The second-order valence-electron chi connectivity index (χ2n) is 1.37. The van der Waals surface area contributed by atoms with Crippen molar-refractivity contribution in [3.63, 3.8) is 0 Å². The normalized spacial score (nSPS) is 9.75. The van der Waals surface area contributed by atoms with Gasteiger partial charge in [-0.2, -0.15) is 0 Å². The van der Waals surface area contributed by atoms with Gasteiger partial charge in [0.05, 0.1) is 0 Å². The third-order valence-electron chi connectivity index (χ3n) is 0.833. The van der Waals surface area contributed by atoms with Crippen LogP contribution in [0.15, 0.2) is 6.33 Å². The molecule has 3 nitrogen and oxygen atoms in total. The summed E-state index contributed by atoms with van der Waals surface area (Å²) in [5, 5.41) is 4.02. The molecule has 4 heteroatoms. The monoisotopic (exact) mass is 223 g/mol. The molecule has 0 bridgehead atoms. The van der Waals surface area contributed by atoms with Crippen LogP contribution in [0.25, 0.3) is 0 Å². The van der Waals surface area contributed by atoms with Crippen LogP contribution in [0.2, 0.25) is 0 Å². The van der Waals surface area contributed by atoms with Gasteiger partial charge in [0.1, 0.15) is 6.33 Å². The fraction of sp³-hybridized carbons (Fsp3) is 0.500. The number of hydrogen-bond donors (Lipinski definition) is 0. The zero-order valence-corrected chi connectivity index (χ0v) is 6.66. The lowest BCUT2D eigenvalue weighted by atomic mass is 10.8. The molecule has 1 aromatic rings. The third kappa shape index (κ3) is 1.18. The summed E-state index contributed by atoms with van der Waals surface area (Å²) in [5.41, 5.74) is 0. The maximum absolute atomic E-state index is 4.02. The van der Waals surface area contributed by atoms with Crippen LogP contribution in [0, 0.1) is 3.83 Å². The van der Waals surface area contributed by atoms with Gasteiger partial charge in [0.2, 0.25) is 3.83 Å². The highest BCUT2D eigenvalue weighted by Gasteiger charge is 1.89. The molecule has 0 amide bonds. The predicted molar refractivity (Wildman–Crippen MR) is 38.4 cm³/mol. The third-order valence-corrected chi connectivity index (χ3v) is 1.33. The van der Waals surface area contributed by atoms with E-state index in [4.69, 9.17) is 0 Å². The van der Waals surface area contributed by atoms with E-state index in [1.807, 2.05) is 6.92 Å². The predicted octanol–water partition coefficient (Wildman–Crippen LogP) is 0.903. The van der Waals surface area contributed by atoms with E-state index in [1.54, 1.807) is 11.0 Å². The molecule has 0 aliphatic carbocycles. The van der Waals surface area contributed by atoms with E-state index in [0.29, 0.717) is 0 Å². The smallest absolute Gasteiger partial charge is 0.211 e. The molecule has 1 rings (SSSR count). The Hall–Kier alpha value is -0.130. The Kier molecular flexibility index (Phi) is 1.82. The highest BCUT2D eigenvalue weighted by molar-refractivity contribution is 14.1. The molecular formula is C4H6IN3.